The first-order valence-electron chi connectivity index (χ1n) is 3.74. The maximum Gasteiger partial charge on any atom is 0.330 e. The average Bonchev–Trinajstić information content (AvgIpc) is 1.97. The zero-order valence-corrected chi connectivity index (χ0v) is 6.84. The molecule has 2 heteroatoms. The Morgan fingerprint density at radius 3 is 2.64 bits per heavy atom. The third-order valence-corrected chi connectivity index (χ3v) is 1.32. The van der Waals surface area contributed by atoms with Gasteiger partial charge in [0.1, 0.15) is 0 Å². The van der Waals surface area contributed by atoms with E-state index in [1.165, 1.54) is 0 Å². The molecule has 0 saturated heterocycles. The molecule has 0 atom stereocenters. The number of carbonyl (C=O) groups is 1. The van der Waals surface area contributed by atoms with Gasteiger partial charge in [0.2, 0.25) is 0 Å². The van der Waals surface area contributed by atoms with Crippen LogP contribution in [-0.4, -0.2) is 11.1 Å². The van der Waals surface area contributed by atoms with Gasteiger partial charge in [-0.05, 0) is 19.3 Å². The van der Waals surface area contributed by atoms with Gasteiger partial charge >= 0.3 is 5.97 Å². The molecule has 0 fully saturated rings. The standard InChI is InChI=1S/C9H14O2/c1-3-4-5-6-7-8(2)9(10)11/h4-5H,2-3,6-7H2,1H3,(H,10,11). The third kappa shape index (κ3) is 5.40. The van der Waals surface area contributed by atoms with Crippen molar-refractivity contribution < 1.29 is 9.90 Å². The van der Waals surface area contributed by atoms with Crippen molar-refractivity contribution in [1.82, 2.24) is 0 Å². The monoisotopic (exact) mass is 154 g/mol. The lowest BCUT2D eigenvalue weighted by Crippen LogP contribution is -1.97. The summed E-state index contributed by atoms with van der Waals surface area (Å²) in [6, 6.07) is 0. The summed E-state index contributed by atoms with van der Waals surface area (Å²) in [6.07, 6.45) is 6.33. The highest BCUT2D eigenvalue weighted by Gasteiger charge is 2.00. The summed E-state index contributed by atoms with van der Waals surface area (Å²) in [5.74, 6) is -0.894. The maximum atomic E-state index is 10.2. The second-order valence-corrected chi connectivity index (χ2v) is 2.33. The largest absolute Gasteiger partial charge is 0.478 e. The molecule has 0 bridgehead atoms. The van der Waals surface area contributed by atoms with Crippen LogP contribution < -0.4 is 0 Å². The summed E-state index contributed by atoms with van der Waals surface area (Å²) in [7, 11) is 0. The SMILES string of the molecule is C=C(CCC=CCC)C(=O)O. The van der Waals surface area contributed by atoms with Crippen LogP contribution in [0.3, 0.4) is 0 Å². The Hall–Kier alpha value is -1.05. The van der Waals surface area contributed by atoms with E-state index in [9.17, 15) is 4.79 Å². The van der Waals surface area contributed by atoms with Crippen molar-refractivity contribution in [1.29, 1.82) is 0 Å². The summed E-state index contributed by atoms with van der Waals surface area (Å²) < 4.78 is 0. The summed E-state index contributed by atoms with van der Waals surface area (Å²) in [5.41, 5.74) is 0.283. The van der Waals surface area contributed by atoms with Crippen LogP contribution in [0.2, 0.25) is 0 Å². The third-order valence-electron chi connectivity index (χ3n) is 1.32. The van der Waals surface area contributed by atoms with E-state index in [2.05, 4.69) is 6.58 Å². The molecule has 0 heterocycles. The maximum absolute atomic E-state index is 10.2. The van der Waals surface area contributed by atoms with Crippen molar-refractivity contribution in [2.45, 2.75) is 26.2 Å². The zero-order chi connectivity index (χ0) is 8.69. The van der Waals surface area contributed by atoms with Crippen molar-refractivity contribution in [3.05, 3.63) is 24.3 Å². The summed E-state index contributed by atoms with van der Waals surface area (Å²) >= 11 is 0. The van der Waals surface area contributed by atoms with Crippen molar-refractivity contribution in [3.63, 3.8) is 0 Å². The van der Waals surface area contributed by atoms with E-state index >= 15 is 0 Å². The molecule has 0 amide bonds. The van der Waals surface area contributed by atoms with E-state index in [1.807, 2.05) is 19.1 Å². The summed E-state index contributed by atoms with van der Waals surface area (Å²) in [6.45, 7) is 5.46. The van der Waals surface area contributed by atoms with Crippen LogP contribution in [0, 0.1) is 0 Å². The average molecular weight is 154 g/mol. The highest BCUT2D eigenvalue weighted by atomic mass is 16.4. The molecule has 11 heavy (non-hydrogen) atoms. The van der Waals surface area contributed by atoms with Crippen LogP contribution in [0.25, 0.3) is 0 Å². The smallest absolute Gasteiger partial charge is 0.330 e. The molecule has 0 spiro atoms. The fraction of sp³-hybridized carbons (Fsp3) is 0.444. The second-order valence-electron chi connectivity index (χ2n) is 2.33. The highest BCUT2D eigenvalue weighted by Crippen LogP contribution is 2.02. The number of hydrogen-bond acceptors (Lipinski definition) is 1. The summed E-state index contributed by atoms with van der Waals surface area (Å²) in [4.78, 5) is 10.2. The molecule has 0 aromatic heterocycles. The first-order valence-corrected chi connectivity index (χ1v) is 3.74. The Morgan fingerprint density at radius 2 is 2.18 bits per heavy atom. The Bertz CT molecular complexity index is 168. The minimum Gasteiger partial charge on any atom is -0.478 e. The van der Waals surface area contributed by atoms with E-state index in [0.29, 0.717) is 6.42 Å². The molecule has 0 aliphatic rings. The molecular formula is C9H14O2. The van der Waals surface area contributed by atoms with Gasteiger partial charge in [-0.15, -0.1) is 0 Å². The van der Waals surface area contributed by atoms with E-state index in [4.69, 9.17) is 5.11 Å². The number of carboxylic acids is 1. The Morgan fingerprint density at radius 1 is 1.55 bits per heavy atom. The van der Waals surface area contributed by atoms with Gasteiger partial charge in [0.15, 0.2) is 0 Å². The van der Waals surface area contributed by atoms with Crippen LogP contribution >= 0.6 is 0 Å². The predicted molar refractivity (Wildman–Crippen MR) is 45.4 cm³/mol. The lowest BCUT2D eigenvalue weighted by molar-refractivity contribution is -0.132. The molecule has 2 nitrogen and oxygen atoms in total. The molecule has 0 saturated carbocycles. The molecule has 0 rings (SSSR count). The molecule has 1 N–H and O–H groups in total. The molecule has 0 unspecified atom stereocenters. The molecule has 0 radical (unpaired) electrons. The molecule has 62 valence electrons. The first-order chi connectivity index (χ1) is 5.18. The fourth-order valence-electron chi connectivity index (χ4n) is 0.649. The Kier molecular flexibility index (Phi) is 5.17. The molecule has 0 aliphatic heterocycles. The minimum atomic E-state index is -0.894. The lowest BCUT2D eigenvalue weighted by atomic mass is 10.1. The minimum absolute atomic E-state index is 0.283. The van der Waals surface area contributed by atoms with Crippen molar-refractivity contribution in [3.8, 4) is 0 Å². The van der Waals surface area contributed by atoms with Crippen LogP contribution in [0.4, 0.5) is 0 Å². The zero-order valence-electron chi connectivity index (χ0n) is 6.84. The van der Waals surface area contributed by atoms with Gasteiger partial charge in [-0.25, -0.2) is 4.79 Å². The van der Waals surface area contributed by atoms with Crippen LogP contribution in [-0.2, 0) is 4.79 Å². The van der Waals surface area contributed by atoms with Crippen LogP contribution in [0.15, 0.2) is 24.3 Å². The van der Waals surface area contributed by atoms with Crippen molar-refractivity contribution in [2.75, 3.05) is 0 Å². The van der Waals surface area contributed by atoms with E-state index in [1.54, 1.807) is 0 Å². The highest BCUT2D eigenvalue weighted by molar-refractivity contribution is 5.85. The van der Waals surface area contributed by atoms with Gasteiger partial charge in [-0.1, -0.05) is 25.7 Å². The quantitative estimate of drug-likeness (QED) is 0.487. The fourth-order valence-corrected chi connectivity index (χ4v) is 0.649. The van der Waals surface area contributed by atoms with E-state index < -0.39 is 5.97 Å². The van der Waals surface area contributed by atoms with Crippen LogP contribution in [0.1, 0.15) is 26.2 Å². The normalized spacial score (nSPS) is 10.3. The van der Waals surface area contributed by atoms with Gasteiger partial charge in [0.25, 0.3) is 0 Å². The lowest BCUT2D eigenvalue weighted by Gasteiger charge is -1.94. The number of carboxylic acid groups (broad SMARTS) is 1. The van der Waals surface area contributed by atoms with Gasteiger partial charge in [0, 0.05) is 5.57 Å². The Labute approximate surface area is 67.2 Å². The molecule has 0 aromatic carbocycles. The van der Waals surface area contributed by atoms with E-state index in [-0.39, 0.29) is 5.57 Å². The second kappa shape index (κ2) is 5.71. The number of hydrogen-bond donors (Lipinski definition) is 1. The molecule has 0 aliphatic carbocycles. The number of allylic oxidation sites excluding steroid dienone is 2. The van der Waals surface area contributed by atoms with Crippen molar-refractivity contribution >= 4 is 5.97 Å². The van der Waals surface area contributed by atoms with Gasteiger partial charge < -0.3 is 5.11 Å². The van der Waals surface area contributed by atoms with E-state index in [0.717, 1.165) is 12.8 Å². The van der Waals surface area contributed by atoms with Crippen molar-refractivity contribution in [2.24, 2.45) is 0 Å². The number of rotatable bonds is 5. The topological polar surface area (TPSA) is 37.3 Å². The number of aliphatic carboxylic acids is 1. The molecule has 0 aromatic rings. The summed E-state index contributed by atoms with van der Waals surface area (Å²) in [5, 5.41) is 8.41. The predicted octanol–water partition coefficient (Wildman–Crippen LogP) is 2.37. The first kappa shape index (κ1) is 9.95. The van der Waals surface area contributed by atoms with Gasteiger partial charge in [0.05, 0.1) is 0 Å². The van der Waals surface area contributed by atoms with Gasteiger partial charge in [-0.3, -0.25) is 0 Å². The Balaban J connectivity index is 3.47. The van der Waals surface area contributed by atoms with Gasteiger partial charge in [-0.2, -0.15) is 0 Å². The molecular weight excluding hydrogens is 140 g/mol. The van der Waals surface area contributed by atoms with Crippen LogP contribution in [0.5, 0.6) is 0 Å².